The van der Waals surface area contributed by atoms with Crippen molar-refractivity contribution in [2.45, 2.75) is 40.2 Å². The highest BCUT2D eigenvalue weighted by molar-refractivity contribution is 5.88. The van der Waals surface area contributed by atoms with Crippen molar-refractivity contribution in [1.82, 2.24) is 5.32 Å². The van der Waals surface area contributed by atoms with E-state index in [1.165, 1.54) is 6.92 Å². The molecule has 0 aromatic heterocycles. The second-order valence-electron chi connectivity index (χ2n) is 5.27. The Hall–Kier alpha value is -1.88. The zero-order chi connectivity index (χ0) is 15.9. The first-order valence-electron chi connectivity index (χ1n) is 7.24. The lowest BCUT2D eigenvalue weighted by Gasteiger charge is -2.27. The van der Waals surface area contributed by atoms with Crippen molar-refractivity contribution in [2.24, 2.45) is 5.41 Å². The molecule has 0 aliphatic carbocycles. The summed E-state index contributed by atoms with van der Waals surface area (Å²) in [5.74, 6) is -0.848. The molecule has 0 radical (unpaired) electrons. The summed E-state index contributed by atoms with van der Waals surface area (Å²) in [7, 11) is 0. The molecule has 0 aliphatic rings. The number of amides is 1. The number of hydrogen-bond donors (Lipinski definition) is 3. The molecule has 0 saturated heterocycles. The lowest BCUT2D eigenvalue weighted by molar-refractivity contribution is -0.149. The fraction of sp³-hybridized carbons (Fsp3) is 0.500. The molecule has 0 fully saturated rings. The van der Waals surface area contributed by atoms with Crippen LogP contribution in [0, 0.1) is 5.41 Å². The van der Waals surface area contributed by atoms with Gasteiger partial charge in [-0.3, -0.25) is 9.59 Å². The molecule has 1 amide bonds. The number of hydrogen-bond acceptors (Lipinski definition) is 3. The Morgan fingerprint density at radius 3 is 2.14 bits per heavy atom. The molecule has 1 aromatic rings. The van der Waals surface area contributed by atoms with Crippen LogP contribution in [0.15, 0.2) is 24.3 Å². The largest absolute Gasteiger partial charge is 0.481 e. The molecule has 5 nitrogen and oxygen atoms in total. The number of rotatable bonds is 8. The Morgan fingerprint density at radius 1 is 1.14 bits per heavy atom. The molecule has 0 saturated carbocycles. The summed E-state index contributed by atoms with van der Waals surface area (Å²) in [5, 5.41) is 15.3. The highest BCUT2D eigenvalue weighted by Crippen LogP contribution is 2.25. The molecule has 1 rings (SSSR count). The molecule has 3 N–H and O–H groups in total. The fourth-order valence-corrected chi connectivity index (χ4v) is 2.23. The molecule has 1 aromatic carbocycles. The summed E-state index contributed by atoms with van der Waals surface area (Å²) in [6, 6.07) is 7.50. The smallest absolute Gasteiger partial charge is 0.310 e. The van der Waals surface area contributed by atoms with Crippen molar-refractivity contribution >= 4 is 17.6 Å². The maximum absolute atomic E-state index is 11.4. The van der Waals surface area contributed by atoms with Crippen LogP contribution in [0.2, 0.25) is 0 Å². The number of nitrogens with one attached hydrogen (secondary N) is 2. The highest BCUT2D eigenvalue weighted by Gasteiger charge is 2.34. The summed E-state index contributed by atoms with van der Waals surface area (Å²) >= 11 is 0. The van der Waals surface area contributed by atoms with E-state index in [4.69, 9.17) is 0 Å². The van der Waals surface area contributed by atoms with Crippen LogP contribution in [0.5, 0.6) is 0 Å². The first-order chi connectivity index (χ1) is 9.93. The number of carboxylic acid groups (broad SMARTS) is 1. The van der Waals surface area contributed by atoms with Gasteiger partial charge in [-0.25, -0.2) is 0 Å². The van der Waals surface area contributed by atoms with Gasteiger partial charge in [-0.05, 0) is 30.5 Å². The third-order valence-electron chi connectivity index (χ3n) is 3.87. The van der Waals surface area contributed by atoms with Gasteiger partial charge in [0.05, 0.1) is 5.41 Å². The van der Waals surface area contributed by atoms with Crippen LogP contribution in [0.3, 0.4) is 0 Å². The summed E-state index contributed by atoms with van der Waals surface area (Å²) < 4.78 is 0. The molecule has 116 valence electrons. The summed E-state index contributed by atoms with van der Waals surface area (Å²) in [6.45, 7) is 6.33. The average molecular weight is 292 g/mol. The zero-order valence-corrected chi connectivity index (χ0v) is 12.9. The van der Waals surface area contributed by atoms with E-state index in [9.17, 15) is 14.7 Å². The molecule has 0 aliphatic heterocycles. The van der Waals surface area contributed by atoms with Gasteiger partial charge in [-0.2, -0.15) is 0 Å². The second-order valence-corrected chi connectivity index (χ2v) is 5.27. The van der Waals surface area contributed by atoms with E-state index in [0.717, 1.165) is 11.3 Å². The lowest BCUT2D eigenvalue weighted by atomic mass is 9.82. The number of carboxylic acids is 1. The Balaban J connectivity index is 2.55. The van der Waals surface area contributed by atoms with Gasteiger partial charge in [0.15, 0.2) is 0 Å². The van der Waals surface area contributed by atoms with Gasteiger partial charge >= 0.3 is 5.97 Å². The predicted octanol–water partition coefficient (Wildman–Crippen LogP) is 2.63. The van der Waals surface area contributed by atoms with Gasteiger partial charge in [0, 0.05) is 25.7 Å². The molecule has 0 spiro atoms. The van der Waals surface area contributed by atoms with Crippen LogP contribution in [-0.4, -0.2) is 23.5 Å². The number of carbonyl (C=O) groups is 2. The first-order valence-corrected chi connectivity index (χ1v) is 7.24. The van der Waals surface area contributed by atoms with E-state index in [0.29, 0.717) is 25.9 Å². The van der Waals surface area contributed by atoms with Crippen molar-refractivity contribution in [3.8, 4) is 0 Å². The van der Waals surface area contributed by atoms with Gasteiger partial charge < -0.3 is 15.7 Å². The van der Waals surface area contributed by atoms with Crippen molar-refractivity contribution in [3.05, 3.63) is 29.8 Å². The van der Waals surface area contributed by atoms with Gasteiger partial charge in [-0.1, -0.05) is 26.0 Å². The number of benzene rings is 1. The number of carbonyl (C=O) groups excluding carboxylic acids is 1. The summed E-state index contributed by atoms with van der Waals surface area (Å²) in [4.78, 5) is 22.3. The maximum atomic E-state index is 11.4. The van der Waals surface area contributed by atoms with Crippen LogP contribution < -0.4 is 10.6 Å². The average Bonchev–Trinajstić information content (AvgIpc) is 2.45. The van der Waals surface area contributed by atoms with Crippen LogP contribution in [-0.2, 0) is 16.1 Å². The van der Waals surface area contributed by atoms with Crippen molar-refractivity contribution in [3.63, 3.8) is 0 Å². The molecular formula is C16H24N2O3. The number of aliphatic carboxylic acids is 1. The van der Waals surface area contributed by atoms with Crippen molar-refractivity contribution in [1.29, 1.82) is 0 Å². The monoisotopic (exact) mass is 292 g/mol. The Kier molecular flexibility index (Phi) is 6.37. The van der Waals surface area contributed by atoms with E-state index in [1.807, 2.05) is 38.1 Å². The summed E-state index contributed by atoms with van der Waals surface area (Å²) in [5.41, 5.74) is 1.11. The SMILES string of the molecule is CCC(CC)(CNCc1ccc(NC(C)=O)cc1)C(=O)O. The Morgan fingerprint density at radius 2 is 1.71 bits per heavy atom. The zero-order valence-electron chi connectivity index (χ0n) is 12.9. The second kappa shape index (κ2) is 7.78. The molecular weight excluding hydrogens is 268 g/mol. The molecule has 0 unspecified atom stereocenters. The predicted molar refractivity (Wildman–Crippen MR) is 83.1 cm³/mol. The standard InChI is InChI=1S/C16H24N2O3/c1-4-16(5-2,15(20)21)11-17-10-13-6-8-14(9-7-13)18-12(3)19/h6-9,17H,4-5,10-11H2,1-3H3,(H,18,19)(H,20,21). The van der Waals surface area contributed by atoms with E-state index < -0.39 is 11.4 Å². The van der Waals surface area contributed by atoms with Gasteiger partial charge in [0.1, 0.15) is 0 Å². The molecule has 0 heterocycles. The van der Waals surface area contributed by atoms with Crippen LogP contribution in [0.1, 0.15) is 39.2 Å². The molecule has 0 atom stereocenters. The molecule has 5 heteroatoms. The third-order valence-corrected chi connectivity index (χ3v) is 3.87. The van der Waals surface area contributed by atoms with Crippen molar-refractivity contribution < 1.29 is 14.7 Å². The van der Waals surface area contributed by atoms with E-state index >= 15 is 0 Å². The van der Waals surface area contributed by atoms with Gasteiger partial charge in [-0.15, -0.1) is 0 Å². The minimum atomic E-state index is -0.749. The Bertz CT molecular complexity index is 479. The lowest BCUT2D eigenvalue weighted by Crippen LogP contribution is -2.39. The topological polar surface area (TPSA) is 78.4 Å². The van der Waals surface area contributed by atoms with Gasteiger partial charge in [0.25, 0.3) is 0 Å². The first kappa shape index (κ1) is 17.2. The summed E-state index contributed by atoms with van der Waals surface area (Å²) in [6.07, 6.45) is 1.21. The molecule has 21 heavy (non-hydrogen) atoms. The Labute approximate surface area is 125 Å². The van der Waals surface area contributed by atoms with Crippen LogP contribution >= 0.6 is 0 Å². The third kappa shape index (κ3) is 4.86. The highest BCUT2D eigenvalue weighted by atomic mass is 16.4. The fourth-order valence-electron chi connectivity index (χ4n) is 2.23. The molecule has 0 bridgehead atoms. The van der Waals surface area contributed by atoms with Crippen LogP contribution in [0.25, 0.3) is 0 Å². The minimum absolute atomic E-state index is 0.0991. The van der Waals surface area contributed by atoms with Crippen molar-refractivity contribution in [2.75, 3.05) is 11.9 Å². The van der Waals surface area contributed by atoms with Crippen LogP contribution in [0.4, 0.5) is 5.69 Å². The minimum Gasteiger partial charge on any atom is -0.481 e. The number of anilines is 1. The van der Waals surface area contributed by atoms with E-state index in [1.54, 1.807) is 0 Å². The normalized spacial score (nSPS) is 11.2. The quantitative estimate of drug-likeness (QED) is 0.688. The maximum Gasteiger partial charge on any atom is 0.310 e. The van der Waals surface area contributed by atoms with E-state index in [2.05, 4.69) is 10.6 Å². The van der Waals surface area contributed by atoms with E-state index in [-0.39, 0.29) is 5.91 Å². The van der Waals surface area contributed by atoms with Gasteiger partial charge in [0.2, 0.25) is 5.91 Å².